The van der Waals surface area contributed by atoms with E-state index in [9.17, 15) is 9.59 Å². The van der Waals surface area contributed by atoms with Crippen molar-refractivity contribution in [1.82, 2.24) is 14.8 Å². The lowest BCUT2D eigenvalue weighted by Crippen LogP contribution is -2.61. The number of para-hydroxylation sites is 1. The van der Waals surface area contributed by atoms with Crippen molar-refractivity contribution in [2.45, 2.75) is 18.6 Å². The summed E-state index contributed by atoms with van der Waals surface area (Å²) in [7, 11) is 1.79. The quantitative estimate of drug-likeness (QED) is 0.793. The molecule has 0 spiro atoms. The second kappa shape index (κ2) is 5.87. The van der Waals surface area contributed by atoms with Crippen LogP contribution < -0.4 is 0 Å². The standard InChI is InChI=1S/C18H19N3O3/c1-20-14-10-21(9-7-15(14)24-11-16(20)22)18(23)13-6-2-4-12-5-3-8-19-17(12)13/h2-6,8,14-15H,7,9-11H2,1H3/t14-,15+/m0/s1. The Morgan fingerprint density at radius 2 is 2.12 bits per heavy atom. The summed E-state index contributed by atoms with van der Waals surface area (Å²) in [5, 5.41) is 0.950. The molecule has 3 heterocycles. The third-order valence-corrected chi connectivity index (χ3v) is 4.98. The van der Waals surface area contributed by atoms with Gasteiger partial charge in [0.15, 0.2) is 0 Å². The number of morpholine rings is 1. The van der Waals surface area contributed by atoms with Crippen molar-refractivity contribution in [3.8, 4) is 0 Å². The number of nitrogens with zero attached hydrogens (tertiary/aromatic N) is 3. The first-order chi connectivity index (χ1) is 11.6. The zero-order valence-corrected chi connectivity index (χ0v) is 13.5. The molecule has 2 amide bonds. The van der Waals surface area contributed by atoms with E-state index in [-0.39, 0.29) is 30.6 Å². The number of hydrogen-bond acceptors (Lipinski definition) is 4. The molecular formula is C18H19N3O3. The number of ether oxygens (including phenoxy) is 1. The van der Waals surface area contributed by atoms with Gasteiger partial charge in [-0.15, -0.1) is 0 Å². The van der Waals surface area contributed by atoms with Crippen molar-refractivity contribution >= 4 is 22.7 Å². The van der Waals surface area contributed by atoms with E-state index in [4.69, 9.17) is 4.74 Å². The first-order valence-corrected chi connectivity index (χ1v) is 8.15. The SMILES string of the molecule is CN1C(=O)CO[C@@H]2CCN(C(=O)c3cccc4cccnc34)C[C@@H]21. The van der Waals surface area contributed by atoms with Gasteiger partial charge in [0.2, 0.25) is 5.91 Å². The molecule has 0 saturated carbocycles. The third-order valence-electron chi connectivity index (χ3n) is 4.98. The smallest absolute Gasteiger partial charge is 0.256 e. The number of fused-ring (bicyclic) bond motifs is 2. The highest BCUT2D eigenvalue weighted by Crippen LogP contribution is 2.25. The first-order valence-electron chi connectivity index (χ1n) is 8.15. The average molecular weight is 325 g/mol. The molecule has 2 aliphatic heterocycles. The van der Waals surface area contributed by atoms with Crippen LogP contribution in [-0.2, 0) is 9.53 Å². The molecule has 2 aromatic rings. The van der Waals surface area contributed by atoms with Crippen LogP contribution in [0.4, 0.5) is 0 Å². The van der Waals surface area contributed by atoms with Crippen molar-refractivity contribution in [2.24, 2.45) is 0 Å². The fourth-order valence-corrected chi connectivity index (χ4v) is 3.57. The number of rotatable bonds is 1. The molecule has 2 saturated heterocycles. The highest BCUT2D eigenvalue weighted by Gasteiger charge is 2.40. The lowest BCUT2D eigenvalue weighted by Gasteiger charge is -2.45. The Kier molecular flexibility index (Phi) is 3.69. The van der Waals surface area contributed by atoms with E-state index < -0.39 is 0 Å². The summed E-state index contributed by atoms with van der Waals surface area (Å²) in [6.45, 7) is 1.26. The molecule has 0 bridgehead atoms. The Bertz CT molecular complexity index is 802. The Hall–Kier alpha value is -2.47. The molecule has 0 aliphatic carbocycles. The minimum atomic E-state index is -0.0770. The molecular weight excluding hydrogens is 306 g/mol. The van der Waals surface area contributed by atoms with Crippen LogP contribution in [0.15, 0.2) is 36.5 Å². The van der Waals surface area contributed by atoms with Crippen LogP contribution in [0, 0.1) is 0 Å². The van der Waals surface area contributed by atoms with Gasteiger partial charge >= 0.3 is 0 Å². The molecule has 0 unspecified atom stereocenters. The summed E-state index contributed by atoms with van der Waals surface area (Å²) < 4.78 is 5.63. The summed E-state index contributed by atoms with van der Waals surface area (Å²) >= 11 is 0. The van der Waals surface area contributed by atoms with Crippen molar-refractivity contribution in [3.63, 3.8) is 0 Å². The molecule has 6 nitrogen and oxygen atoms in total. The normalized spacial score (nSPS) is 24.1. The molecule has 4 rings (SSSR count). The summed E-state index contributed by atoms with van der Waals surface area (Å²) in [6.07, 6.45) is 2.46. The minimum Gasteiger partial charge on any atom is -0.366 e. The largest absolute Gasteiger partial charge is 0.366 e. The maximum atomic E-state index is 13.0. The molecule has 2 fully saturated rings. The van der Waals surface area contributed by atoms with Crippen molar-refractivity contribution in [1.29, 1.82) is 0 Å². The van der Waals surface area contributed by atoms with Crippen LogP contribution in [0.2, 0.25) is 0 Å². The number of carbonyl (C=O) groups excluding carboxylic acids is 2. The maximum Gasteiger partial charge on any atom is 0.256 e. The minimum absolute atomic E-state index is 0.0161. The lowest BCUT2D eigenvalue weighted by atomic mass is 9.98. The Morgan fingerprint density at radius 3 is 3.00 bits per heavy atom. The summed E-state index contributed by atoms with van der Waals surface area (Å²) in [6, 6.07) is 9.38. The Labute approximate surface area is 140 Å². The Balaban J connectivity index is 1.62. The number of amides is 2. The van der Waals surface area contributed by atoms with Crippen LogP contribution in [-0.4, -0.2) is 65.5 Å². The van der Waals surface area contributed by atoms with Gasteiger partial charge < -0.3 is 14.5 Å². The van der Waals surface area contributed by atoms with Gasteiger partial charge in [-0.1, -0.05) is 18.2 Å². The van der Waals surface area contributed by atoms with E-state index in [2.05, 4.69) is 4.98 Å². The fraction of sp³-hybridized carbons (Fsp3) is 0.389. The van der Waals surface area contributed by atoms with E-state index in [0.717, 1.165) is 17.3 Å². The molecule has 2 atom stereocenters. The number of pyridine rings is 1. The van der Waals surface area contributed by atoms with Crippen molar-refractivity contribution in [2.75, 3.05) is 26.7 Å². The predicted molar refractivity (Wildman–Crippen MR) is 88.6 cm³/mol. The number of carbonyl (C=O) groups is 2. The first kappa shape index (κ1) is 15.1. The van der Waals surface area contributed by atoms with E-state index in [1.165, 1.54) is 0 Å². The molecule has 0 radical (unpaired) electrons. The average Bonchev–Trinajstić information content (AvgIpc) is 2.63. The van der Waals surface area contributed by atoms with Crippen LogP contribution in [0.3, 0.4) is 0 Å². The summed E-state index contributed by atoms with van der Waals surface area (Å²) in [4.78, 5) is 32.8. The van der Waals surface area contributed by atoms with Crippen LogP contribution >= 0.6 is 0 Å². The number of aromatic nitrogens is 1. The van der Waals surface area contributed by atoms with Crippen LogP contribution in [0.1, 0.15) is 16.8 Å². The monoisotopic (exact) mass is 325 g/mol. The van der Waals surface area contributed by atoms with Crippen molar-refractivity contribution in [3.05, 3.63) is 42.1 Å². The number of likely N-dealkylation sites (tertiary alicyclic amines) is 1. The zero-order valence-electron chi connectivity index (χ0n) is 13.5. The lowest BCUT2D eigenvalue weighted by molar-refractivity contribution is -0.159. The molecule has 0 N–H and O–H groups in total. The predicted octanol–water partition coefficient (Wildman–Crippen LogP) is 1.31. The van der Waals surface area contributed by atoms with E-state index in [1.807, 2.05) is 35.2 Å². The summed E-state index contributed by atoms with van der Waals surface area (Å²) in [5.41, 5.74) is 1.33. The molecule has 124 valence electrons. The summed E-state index contributed by atoms with van der Waals surface area (Å²) in [5.74, 6) is -0.0680. The number of benzene rings is 1. The molecule has 2 aliphatic rings. The van der Waals surface area contributed by atoms with Gasteiger partial charge in [0.25, 0.3) is 5.91 Å². The number of piperidine rings is 1. The fourth-order valence-electron chi connectivity index (χ4n) is 3.57. The number of likely N-dealkylation sites (N-methyl/N-ethyl adjacent to an activating group) is 1. The molecule has 6 heteroatoms. The highest BCUT2D eigenvalue weighted by atomic mass is 16.5. The van der Waals surface area contributed by atoms with Gasteiger partial charge in [-0.05, 0) is 18.6 Å². The topological polar surface area (TPSA) is 62.7 Å². The molecule has 1 aromatic carbocycles. The number of hydrogen-bond donors (Lipinski definition) is 0. The van der Waals surface area contributed by atoms with E-state index in [1.54, 1.807) is 18.1 Å². The van der Waals surface area contributed by atoms with Gasteiger partial charge in [0, 0.05) is 31.7 Å². The second-order valence-corrected chi connectivity index (χ2v) is 6.34. The third kappa shape index (κ3) is 2.43. The van der Waals surface area contributed by atoms with Crippen LogP contribution in [0.5, 0.6) is 0 Å². The zero-order chi connectivity index (χ0) is 16.7. The molecule has 1 aromatic heterocycles. The van der Waals surface area contributed by atoms with Crippen molar-refractivity contribution < 1.29 is 14.3 Å². The van der Waals surface area contributed by atoms with Crippen LogP contribution in [0.25, 0.3) is 10.9 Å². The van der Waals surface area contributed by atoms with Gasteiger partial charge in [-0.25, -0.2) is 0 Å². The van der Waals surface area contributed by atoms with Gasteiger partial charge in [0.05, 0.1) is 23.2 Å². The van der Waals surface area contributed by atoms with E-state index in [0.29, 0.717) is 18.7 Å². The highest BCUT2D eigenvalue weighted by molar-refractivity contribution is 6.05. The Morgan fingerprint density at radius 1 is 1.29 bits per heavy atom. The van der Waals surface area contributed by atoms with Gasteiger partial charge in [-0.2, -0.15) is 0 Å². The maximum absolute atomic E-state index is 13.0. The van der Waals surface area contributed by atoms with E-state index >= 15 is 0 Å². The van der Waals surface area contributed by atoms with Gasteiger partial charge in [0.1, 0.15) is 6.61 Å². The van der Waals surface area contributed by atoms with Gasteiger partial charge in [-0.3, -0.25) is 14.6 Å². The molecule has 24 heavy (non-hydrogen) atoms. The second-order valence-electron chi connectivity index (χ2n) is 6.34.